The maximum Gasteiger partial charge on any atom is 0.342 e. The first-order valence-corrected chi connectivity index (χ1v) is 8.78. The van der Waals surface area contributed by atoms with E-state index < -0.39 is 5.97 Å². The molecular formula is C23H22O5. The van der Waals surface area contributed by atoms with Crippen LogP contribution in [0.2, 0.25) is 0 Å². The lowest BCUT2D eigenvalue weighted by atomic mass is 10.0. The fourth-order valence-corrected chi connectivity index (χ4v) is 2.91. The van der Waals surface area contributed by atoms with Gasteiger partial charge in [-0.2, -0.15) is 0 Å². The smallest absolute Gasteiger partial charge is 0.342 e. The second kappa shape index (κ2) is 8.95. The average molecular weight is 378 g/mol. The summed E-state index contributed by atoms with van der Waals surface area (Å²) in [5.41, 5.74) is 3.42. The molecule has 0 aliphatic heterocycles. The fraction of sp³-hybridized carbons (Fsp3) is 0.174. The van der Waals surface area contributed by atoms with Crippen LogP contribution in [0, 0.1) is 0 Å². The van der Waals surface area contributed by atoms with Crippen molar-refractivity contribution in [3.05, 3.63) is 77.9 Å². The monoisotopic (exact) mass is 378 g/mol. The molecule has 0 amide bonds. The molecule has 0 spiro atoms. The van der Waals surface area contributed by atoms with Crippen molar-refractivity contribution in [2.75, 3.05) is 21.3 Å². The number of carbonyl (C=O) groups excluding carboxylic acids is 1. The lowest BCUT2D eigenvalue weighted by molar-refractivity contribution is 0.0468. The van der Waals surface area contributed by atoms with Crippen LogP contribution in [-0.4, -0.2) is 27.3 Å². The molecule has 3 aromatic carbocycles. The summed E-state index contributed by atoms with van der Waals surface area (Å²) in [7, 11) is 4.48. The summed E-state index contributed by atoms with van der Waals surface area (Å²) >= 11 is 0. The molecule has 5 nitrogen and oxygen atoms in total. The molecule has 0 atom stereocenters. The number of rotatable bonds is 7. The van der Waals surface area contributed by atoms with Crippen LogP contribution >= 0.6 is 0 Å². The molecule has 0 aliphatic rings. The van der Waals surface area contributed by atoms with Crippen LogP contribution in [0.3, 0.4) is 0 Å². The topological polar surface area (TPSA) is 54.0 Å². The molecule has 0 unspecified atom stereocenters. The SMILES string of the molecule is COc1ccc(C(=O)OCc2ccc(-c3ccccc3)cc2)c(OC)c1OC. The molecule has 0 heterocycles. The fourth-order valence-electron chi connectivity index (χ4n) is 2.91. The Labute approximate surface area is 164 Å². The second-order valence-electron chi connectivity index (χ2n) is 6.02. The van der Waals surface area contributed by atoms with Crippen LogP contribution in [0.15, 0.2) is 66.7 Å². The lowest BCUT2D eigenvalue weighted by Gasteiger charge is -2.15. The third kappa shape index (κ3) is 4.09. The van der Waals surface area contributed by atoms with Gasteiger partial charge < -0.3 is 18.9 Å². The zero-order valence-corrected chi connectivity index (χ0v) is 16.1. The standard InChI is InChI=1S/C23H22O5/c1-25-20-14-13-19(21(26-2)22(20)27-3)23(24)28-15-16-9-11-18(12-10-16)17-7-5-4-6-8-17/h4-14H,15H2,1-3H3. The van der Waals surface area contributed by atoms with Gasteiger partial charge in [0.2, 0.25) is 5.75 Å². The quantitative estimate of drug-likeness (QED) is 0.556. The molecule has 0 saturated carbocycles. The Bertz CT molecular complexity index is 933. The van der Waals surface area contributed by atoms with Crippen LogP contribution in [0.4, 0.5) is 0 Å². The average Bonchev–Trinajstić information content (AvgIpc) is 2.77. The van der Waals surface area contributed by atoms with E-state index in [0.29, 0.717) is 11.5 Å². The van der Waals surface area contributed by atoms with E-state index >= 15 is 0 Å². The lowest BCUT2D eigenvalue weighted by Crippen LogP contribution is -2.08. The molecule has 0 aromatic heterocycles. The van der Waals surface area contributed by atoms with Gasteiger partial charge in [-0.15, -0.1) is 0 Å². The van der Waals surface area contributed by atoms with Gasteiger partial charge in [-0.25, -0.2) is 4.79 Å². The van der Waals surface area contributed by atoms with Crippen LogP contribution in [-0.2, 0) is 11.3 Å². The number of methoxy groups -OCH3 is 3. The molecule has 28 heavy (non-hydrogen) atoms. The zero-order chi connectivity index (χ0) is 19.9. The maximum atomic E-state index is 12.6. The molecule has 144 valence electrons. The Morgan fingerprint density at radius 2 is 1.36 bits per heavy atom. The first kappa shape index (κ1) is 19.3. The van der Waals surface area contributed by atoms with Crippen molar-refractivity contribution in [3.63, 3.8) is 0 Å². The summed E-state index contributed by atoms with van der Waals surface area (Å²) in [6, 6.07) is 21.3. The van der Waals surface area contributed by atoms with Crippen molar-refractivity contribution >= 4 is 5.97 Å². The van der Waals surface area contributed by atoms with Crippen LogP contribution in [0.5, 0.6) is 17.2 Å². The normalized spacial score (nSPS) is 10.2. The molecule has 3 rings (SSSR count). The summed E-state index contributed by atoms with van der Waals surface area (Å²) in [5.74, 6) is 0.621. The number of carbonyl (C=O) groups is 1. The van der Waals surface area contributed by atoms with Crippen molar-refractivity contribution < 1.29 is 23.7 Å². The summed E-state index contributed by atoms with van der Waals surface area (Å²) in [6.07, 6.45) is 0. The van der Waals surface area contributed by atoms with E-state index in [1.165, 1.54) is 21.3 Å². The van der Waals surface area contributed by atoms with Crippen molar-refractivity contribution in [2.45, 2.75) is 6.61 Å². The van der Waals surface area contributed by atoms with Crippen molar-refractivity contribution in [2.24, 2.45) is 0 Å². The van der Waals surface area contributed by atoms with Gasteiger partial charge in [-0.3, -0.25) is 0 Å². The van der Waals surface area contributed by atoms with Gasteiger partial charge in [-0.05, 0) is 28.8 Å². The largest absolute Gasteiger partial charge is 0.493 e. The summed E-state index contributed by atoms with van der Waals surface area (Å²) < 4.78 is 21.3. The van der Waals surface area contributed by atoms with E-state index in [1.54, 1.807) is 12.1 Å². The van der Waals surface area contributed by atoms with E-state index in [4.69, 9.17) is 18.9 Å². The van der Waals surface area contributed by atoms with Crippen LogP contribution in [0.25, 0.3) is 11.1 Å². The van der Waals surface area contributed by atoms with E-state index in [1.807, 2.05) is 42.5 Å². The van der Waals surface area contributed by atoms with Crippen molar-refractivity contribution in [1.29, 1.82) is 0 Å². The van der Waals surface area contributed by atoms with Gasteiger partial charge in [0.05, 0.1) is 21.3 Å². The Balaban J connectivity index is 1.72. The summed E-state index contributed by atoms with van der Waals surface area (Å²) in [6.45, 7) is 0.158. The predicted octanol–water partition coefficient (Wildman–Crippen LogP) is 4.74. The molecule has 3 aromatic rings. The minimum atomic E-state index is -0.495. The van der Waals surface area contributed by atoms with Gasteiger partial charge in [-0.1, -0.05) is 54.6 Å². The predicted molar refractivity (Wildman–Crippen MR) is 107 cm³/mol. The number of benzene rings is 3. The molecule has 5 heteroatoms. The van der Waals surface area contributed by atoms with E-state index in [9.17, 15) is 4.79 Å². The maximum absolute atomic E-state index is 12.6. The van der Waals surface area contributed by atoms with Gasteiger partial charge in [0.25, 0.3) is 0 Å². The highest BCUT2D eigenvalue weighted by Crippen LogP contribution is 2.40. The first-order chi connectivity index (χ1) is 13.7. The Hall–Kier alpha value is -3.47. The molecule has 0 fully saturated rings. The van der Waals surface area contributed by atoms with Gasteiger partial charge in [0.1, 0.15) is 12.2 Å². The highest BCUT2D eigenvalue weighted by atomic mass is 16.5. The molecule has 0 radical (unpaired) electrons. The van der Waals surface area contributed by atoms with Crippen molar-refractivity contribution in [1.82, 2.24) is 0 Å². The number of hydrogen-bond donors (Lipinski definition) is 0. The first-order valence-electron chi connectivity index (χ1n) is 8.78. The van der Waals surface area contributed by atoms with Crippen LogP contribution in [0.1, 0.15) is 15.9 Å². The molecule has 0 saturated heterocycles. The number of esters is 1. The van der Waals surface area contributed by atoms with Crippen molar-refractivity contribution in [3.8, 4) is 28.4 Å². The molecule has 0 bridgehead atoms. The van der Waals surface area contributed by atoms with Crippen LogP contribution < -0.4 is 14.2 Å². The highest BCUT2D eigenvalue weighted by molar-refractivity contribution is 5.94. The Morgan fingerprint density at radius 3 is 1.96 bits per heavy atom. The van der Waals surface area contributed by atoms with E-state index in [2.05, 4.69) is 12.1 Å². The van der Waals surface area contributed by atoms with E-state index in [-0.39, 0.29) is 17.9 Å². The third-order valence-electron chi connectivity index (χ3n) is 4.36. The number of ether oxygens (including phenoxy) is 4. The molecule has 0 aliphatic carbocycles. The number of hydrogen-bond acceptors (Lipinski definition) is 5. The third-order valence-corrected chi connectivity index (χ3v) is 4.36. The minimum Gasteiger partial charge on any atom is -0.493 e. The molecular weight excluding hydrogens is 356 g/mol. The Kier molecular flexibility index (Phi) is 6.17. The van der Waals surface area contributed by atoms with Gasteiger partial charge in [0.15, 0.2) is 11.5 Å². The zero-order valence-electron chi connectivity index (χ0n) is 16.1. The summed E-state index contributed by atoms with van der Waals surface area (Å²) in [5, 5.41) is 0. The highest BCUT2D eigenvalue weighted by Gasteiger charge is 2.21. The Morgan fingerprint density at radius 1 is 0.714 bits per heavy atom. The summed E-state index contributed by atoms with van der Waals surface area (Å²) in [4.78, 5) is 12.6. The second-order valence-corrected chi connectivity index (χ2v) is 6.02. The van der Waals surface area contributed by atoms with Gasteiger partial charge in [0, 0.05) is 0 Å². The van der Waals surface area contributed by atoms with Gasteiger partial charge >= 0.3 is 5.97 Å². The van der Waals surface area contributed by atoms with E-state index in [0.717, 1.165) is 16.7 Å². The molecule has 0 N–H and O–H groups in total. The minimum absolute atomic E-state index is 0.158.